The molecule has 1 aromatic heterocycles. The summed E-state index contributed by atoms with van der Waals surface area (Å²) in [4.78, 5) is 23.7. The van der Waals surface area contributed by atoms with E-state index in [-0.39, 0.29) is 10.2 Å². The molecule has 0 spiro atoms. The minimum absolute atomic E-state index is 0.113. The number of aromatic nitrogens is 2. The molecule has 0 atom stereocenters. The Balaban J connectivity index is 2.48. The minimum atomic E-state index is -4.41. The third kappa shape index (κ3) is 3.40. The zero-order valence-electron chi connectivity index (χ0n) is 12.0. The van der Waals surface area contributed by atoms with E-state index in [0.29, 0.717) is 5.56 Å². The third-order valence-electron chi connectivity index (χ3n) is 3.15. The zero-order valence-corrected chi connectivity index (χ0v) is 13.6. The average molecular weight is 387 g/mol. The molecule has 4 nitrogen and oxygen atoms in total. The van der Waals surface area contributed by atoms with Gasteiger partial charge < -0.3 is 0 Å². The Bertz CT molecular complexity index is 892. The van der Waals surface area contributed by atoms with Gasteiger partial charge in [-0.05, 0) is 46.1 Å². The number of rotatable bonds is 0. The summed E-state index contributed by atoms with van der Waals surface area (Å²) in [6.07, 6.45) is -4.41. The molecule has 2 rings (SSSR count). The molecule has 0 fully saturated rings. The summed E-state index contributed by atoms with van der Waals surface area (Å²) in [5, 5.41) is 0. The molecule has 0 bridgehead atoms. The van der Waals surface area contributed by atoms with Crippen LogP contribution in [0.3, 0.4) is 0 Å². The van der Waals surface area contributed by atoms with Gasteiger partial charge in [0.05, 0.1) is 5.56 Å². The van der Waals surface area contributed by atoms with E-state index in [0.717, 1.165) is 16.7 Å². The SMILES string of the molecule is Cn1c(C#Cc2ccc(C(F)(F)F)cc2)c(Br)c(=O)n(C)c1=O. The lowest BCUT2D eigenvalue weighted by atomic mass is 10.1. The summed E-state index contributed by atoms with van der Waals surface area (Å²) in [5.74, 6) is 5.28. The van der Waals surface area contributed by atoms with E-state index >= 15 is 0 Å². The topological polar surface area (TPSA) is 44.0 Å². The van der Waals surface area contributed by atoms with Crippen LogP contribution in [-0.2, 0) is 20.3 Å². The van der Waals surface area contributed by atoms with Crippen LogP contribution in [0.25, 0.3) is 0 Å². The van der Waals surface area contributed by atoms with Gasteiger partial charge in [-0.1, -0.05) is 5.92 Å². The van der Waals surface area contributed by atoms with Gasteiger partial charge in [0.1, 0.15) is 10.2 Å². The predicted molar refractivity (Wildman–Crippen MR) is 82.0 cm³/mol. The largest absolute Gasteiger partial charge is 0.416 e. The van der Waals surface area contributed by atoms with Crippen molar-refractivity contribution in [1.29, 1.82) is 0 Å². The first-order valence-corrected chi connectivity index (χ1v) is 7.07. The molecule has 0 saturated heterocycles. The standard InChI is InChI=1S/C15H10BrF3N2O2/c1-20-11(12(16)13(22)21(2)14(20)23)8-5-9-3-6-10(7-4-9)15(17,18)19/h3-4,6-7H,1-2H3. The van der Waals surface area contributed by atoms with Crippen LogP contribution in [-0.4, -0.2) is 9.13 Å². The first-order valence-electron chi connectivity index (χ1n) is 6.27. The Morgan fingerprint density at radius 2 is 1.57 bits per heavy atom. The quantitative estimate of drug-likeness (QED) is 0.652. The molecule has 8 heteroatoms. The molecule has 0 aliphatic heterocycles. The van der Waals surface area contributed by atoms with Crippen LogP contribution in [0.15, 0.2) is 38.3 Å². The van der Waals surface area contributed by atoms with Crippen molar-refractivity contribution < 1.29 is 13.2 Å². The van der Waals surface area contributed by atoms with E-state index in [1.54, 1.807) is 0 Å². The van der Waals surface area contributed by atoms with Crippen molar-refractivity contribution in [1.82, 2.24) is 9.13 Å². The van der Waals surface area contributed by atoms with E-state index < -0.39 is 23.0 Å². The normalized spacial score (nSPS) is 11.0. The fourth-order valence-electron chi connectivity index (χ4n) is 1.82. The van der Waals surface area contributed by atoms with Crippen LogP contribution in [0.5, 0.6) is 0 Å². The van der Waals surface area contributed by atoms with Crippen molar-refractivity contribution in [2.24, 2.45) is 14.1 Å². The monoisotopic (exact) mass is 386 g/mol. The van der Waals surface area contributed by atoms with Crippen molar-refractivity contribution in [3.8, 4) is 11.8 Å². The Labute approximate surface area is 137 Å². The van der Waals surface area contributed by atoms with E-state index in [4.69, 9.17) is 0 Å². The fraction of sp³-hybridized carbons (Fsp3) is 0.200. The molecule has 0 aliphatic rings. The first kappa shape index (κ1) is 17.1. The van der Waals surface area contributed by atoms with Gasteiger partial charge in [-0.2, -0.15) is 13.2 Å². The van der Waals surface area contributed by atoms with Gasteiger partial charge in [-0.25, -0.2) is 4.79 Å². The number of nitrogens with zero attached hydrogens (tertiary/aromatic N) is 2. The van der Waals surface area contributed by atoms with Crippen molar-refractivity contribution in [2.45, 2.75) is 6.18 Å². The molecule has 0 amide bonds. The van der Waals surface area contributed by atoms with Gasteiger partial charge in [0, 0.05) is 19.7 Å². The zero-order chi connectivity index (χ0) is 17.4. The highest BCUT2D eigenvalue weighted by molar-refractivity contribution is 9.10. The summed E-state index contributed by atoms with van der Waals surface area (Å²) >= 11 is 3.08. The maximum absolute atomic E-state index is 12.5. The van der Waals surface area contributed by atoms with Gasteiger partial charge in [0.15, 0.2) is 0 Å². The smallest absolute Gasteiger partial charge is 0.288 e. The Kier molecular flexibility index (Phi) is 4.52. The number of hydrogen-bond acceptors (Lipinski definition) is 2. The average Bonchev–Trinajstić information content (AvgIpc) is 2.50. The second kappa shape index (κ2) is 6.08. The lowest BCUT2D eigenvalue weighted by Crippen LogP contribution is -2.38. The molecule has 23 heavy (non-hydrogen) atoms. The maximum Gasteiger partial charge on any atom is 0.416 e. The summed E-state index contributed by atoms with van der Waals surface area (Å²) in [6.45, 7) is 0. The van der Waals surface area contributed by atoms with Gasteiger partial charge >= 0.3 is 11.9 Å². The van der Waals surface area contributed by atoms with Crippen LogP contribution in [0, 0.1) is 11.8 Å². The summed E-state index contributed by atoms with van der Waals surface area (Å²) < 4.78 is 39.7. The highest BCUT2D eigenvalue weighted by Gasteiger charge is 2.29. The van der Waals surface area contributed by atoms with Gasteiger partial charge in [0.2, 0.25) is 0 Å². The molecule has 1 aromatic carbocycles. The molecule has 0 unspecified atom stereocenters. The molecular weight excluding hydrogens is 377 g/mol. The summed E-state index contributed by atoms with van der Waals surface area (Å²) in [7, 11) is 2.78. The predicted octanol–water partition coefficient (Wildman–Crippen LogP) is 2.27. The highest BCUT2D eigenvalue weighted by atomic mass is 79.9. The van der Waals surface area contributed by atoms with Gasteiger partial charge in [0.25, 0.3) is 5.56 Å². The van der Waals surface area contributed by atoms with E-state index in [1.165, 1.54) is 30.8 Å². The van der Waals surface area contributed by atoms with Crippen molar-refractivity contribution in [3.05, 3.63) is 66.4 Å². The molecule has 2 aromatic rings. The van der Waals surface area contributed by atoms with Crippen molar-refractivity contribution in [2.75, 3.05) is 0 Å². The minimum Gasteiger partial charge on any atom is -0.288 e. The summed E-state index contributed by atoms with van der Waals surface area (Å²) in [6, 6.07) is 4.29. The van der Waals surface area contributed by atoms with Gasteiger partial charge in [-0.15, -0.1) is 0 Å². The number of halogens is 4. The highest BCUT2D eigenvalue weighted by Crippen LogP contribution is 2.28. The summed E-state index contributed by atoms with van der Waals surface area (Å²) in [5.41, 5.74) is -1.37. The molecule has 120 valence electrons. The van der Waals surface area contributed by atoms with Crippen LogP contribution < -0.4 is 11.2 Å². The van der Waals surface area contributed by atoms with Crippen LogP contribution in [0.1, 0.15) is 16.8 Å². The van der Waals surface area contributed by atoms with Crippen LogP contribution in [0.2, 0.25) is 0 Å². The fourth-order valence-corrected chi connectivity index (χ4v) is 2.45. The third-order valence-corrected chi connectivity index (χ3v) is 3.86. The van der Waals surface area contributed by atoms with Crippen molar-refractivity contribution >= 4 is 15.9 Å². The Morgan fingerprint density at radius 1 is 1.00 bits per heavy atom. The lowest BCUT2D eigenvalue weighted by Gasteiger charge is -2.07. The Hall–Kier alpha value is -2.27. The number of benzene rings is 1. The second-order valence-corrected chi connectivity index (χ2v) is 5.49. The number of alkyl halides is 3. The second-order valence-electron chi connectivity index (χ2n) is 4.69. The van der Waals surface area contributed by atoms with E-state index in [2.05, 4.69) is 27.8 Å². The first-order chi connectivity index (χ1) is 10.6. The van der Waals surface area contributed by atoms with Crippen molar-refractivity contribution in [3.63, 3.8) is 0 Å². The van der Waals surface area contributed by atoms with E-state index in [9.17, 15) is 22.8 Å². The van der Waals surface area contributed by atoms with Crippen LogP contribution in [0.4, 0.5) is 13.2 Å². The molecule has 0 N–H and O–H groups in total. The maximum atomic E-state index is 12.5. The molecule has 0 radical (unpaired) electrons. The van der Waals surface area contributed by atoms with E-state index in [1.807, 2.05) is 0 Å². The Morgan fingerprint density at radius 3 is 2.09 bits per heavy atom. The molecule has 0 saturated carbocycles. The molecule has 1 heterocycles. The van der Waals surface area contributed by atoms with Crippen LogP contribution >= 0.6 is 15.9 Å². The number of hydrogen-bond donors (Lipinski definition) is 0. The van der Waals surface area contributed by atoms with Gasteiger partial charge in [-0.3, -0.25) is 13.9 Å². The lowest BCUT2D eigenvalue weighted by molar-refractivity contribution is -0.137. The molecule has 0 aliphatic carbocycles. The molecular formula is C15H10BrF3N2O2.